The van der Waals surface area contributed by atoms with Crippen molar-refractivity contribution in [2.24, 2.45) is 0 Å². The van der Waals surface area contributed by atoms with Crippen molar-refractivity contribution in [3.8, 4) is 5.75 Å². The van der Waals surface area contributed by atoms with Gasteiger partial charge in [0.15, 0.2) is 0 Å². The Morgan fingerprint density at radius 1 is 1.50 bits per heavy atom. The predicted molar refractivity (Wildman–Crippen MR) is 67.1 cm³/mol. The Bertz CT molecular complexity index is 342. The molecule has 88 valence electrons. The molecule has 1 heterocycles. The zero-order valence-corrected chi connectivity index (χ0v) is 10.4. The van der Waals surface area contributed by atoms with Crippen molar-refractivity contribution in [2.45, 2.75) is 24.8 Å². The summed E-state index contributed by atoms with van der Waals surface area (Å²) in [5.74, 6) is 0.928. The normalized spacial score (nSPS) is 22.0. The average molecular weight is 240 g/mol. The van der Waals surface area contributed by atoms with Gasteiger partial charge < -0.3 is 4.74 Å². The first kappa shape index (κ1) is 11.7. The molecule has 0 aromatic heterocycles. The van der Waals surface area contributed by atoms with Gasteiger partial charge in [0.2, 0.25) is 0 Å². The molecule has 1 aliphatic heterocycles. The van der Waals surface area contributed by atoms with E-state index >= 15 is 0 Å². The topological polar surface area (TPSA) is 12.5 Å². The van der Waals surface area contributed by atoms with Crippen molar-refractivity contribution in [2.75, 3.05) is 20.2 Å². The highest BCUT2D eigenvalue weighted by Crippen LogP contribution is 2.19. The number of likely N-dealkylation sites (tertiary alicyclic amines) is 1. The molecule has 0 bridgehead atoms. The molecule has 1 aromatic rings. The molecule has 2 nitrogen and oxygen atoms in total. The molecule has 2 rings (SSSR count). The molecule has 1 fully saturated rings. The Morgan fingerprint density at radius 2 is 2.38 bits per heavy atom. The van der Waals surface area contributed by atoms with E-state index in [2.05, 4.69) is 17.0 Å². The molecule has 1 aliphatic rings. The SMILES string of the molecule is COc1cccc(CN2CCCC(Cl)C2)c1. The number of methoxy groups -OCH3 is 1. The van der Waals surface area contributed by atoms with Crippen molar-refractivity contribution in [3.05, 3.63) is 29.8 Å². The van der Waals surface area contributed by atoms with Crippen molar-refractivity contribution in [3.63, 3.8) is 0 Å². The van der Waals surface area contributed by atoms with Crippen LogP contribution in [0.3, 0.4) is 0 Å². The Hall–Kier alpha value is -0.730. The highest BCUT2D eigenvalue weighted by molar-refractivity contribution is 6.20. The number of rotatable bonds is 3. The molecule has 0 amide bonds. The summed E-state index contributed by atoms with van der Waals surface area (Å²) in [6.45, 7) is 3.12. The molecule has 3 heteroatoms. The number of nitrogens with zero attached hydrogens (tertiary/aromatic N) is 1. The van der Waals surface area contributed by atoms with Crippen LogP contribution in [0.25, 0.3) is 0 Å². The van der Waals surface area contributed by atoms with E-state index in [1.54, 1.807) is 7.11 Å². The first-order valence-corrected chi connectivity index (χ1v) is 6.21. The van der Waals surface area contributed by atoms with E-state index in [-0.39, 0.29) is 0 Å². The quantitative estimate of drug-likeness (QED) is 0.753. The van der Waals surface area contributed by atoms with Gasteiger partial charge >= 0.3 is 0 Å². The second-order valence-electron chi connectivity index (χ2n) is 4.33. The molecule has 16 heavy (non-hydrogen) atoms. The lowest BCUT2D eigenvalue weighted by Gasteiger charge is -2.29. The lowest BCUT2D eigenvalue weighted by Crippen LogP contribution is -2.35. The molecule has 1 saturated heterocycles. The minimum atomic E-state index is 0.319. The minimum Gasteiger partial charge on any atom is -0.497 e. The summed E-state index contributed by atoms with van der Waals surface area (Å²) in [7, 11) is 1.70. The summed E-state index contributed by atoms with van der Waals surface area (Å²) in [6, 6.07) is 8.25. The third kappa shape index (κ3) is 3.13. The third-order valence-corrected chi connectivity index (χ3v) is 3.34. The summed E-state index contributed by atoms with van der Waals surface area (Å²) in [5.41, 5.74) is 1.30. The van der Waals surface area contributed by atoms with Crippen LogP contribution < -0.4 is 4.74 Å². The number of ether oxygens (including phenoxy) is 1. The predicted octanol–water partition coefficient (Wildman–Crippen LogP) is 2.90. The standard InChI is InChI=1S/C13H18ClNO/c1-16-13-6-2-4-11(8-13)9-15-7-3-5-12(14)10-15/h2,4,6,8,12H,3,5,7,9-10H2,1H3. The summed E-state index contributed by atoms with van der Waals surface area (Å²) in [5, 5.41) is 0.319. The van der Waals surface area contributed by atoms with Gasteiger partial charge in [0.25, 0.3) is 0 Å². The molecule has 0 saturated carbocycles. The van der Waals surface area contributed by atoms with Crippen LogP contribution in [0, 0.1) is 0 Å². The van der Waals surface area contributed by atoms with Gasteiger partial charge in [0, 0.05) is 18.5 Å². The molecule has 0 spiro atoms. The first-order chi connectivity index (χ1) is 7.78. The van der Waals surface area contributed by atoms with Crippen LogP contribution in [-0.2, 0) is 6.54 Å². The molecular formula is C13H18ClNO. The molecule has 0 aliphatic carbocycles. The molecule has 0 radical (unpaired) electrons. The highest BCUT2D eigenvalue weighted by atomic mass is 35.5. The highest BCUT2D eigenvalue weighted by Gasteiger charge is 2.17. The fourth-order valence-electron chi connectivity index (χ4n) is 2.17. The van der Waals surface area contributed by atoms with Gasteiger partial charge in [-0.05, 0) is 37.1 Å². The molecule has 1 aromatic carbocycles. The second-order valence-corrected chi connectivity index (χ2v) is 4.94. The minimum absolute atomic E-state index is 0.319. The Kier molecular flexibility index (Phi) is 4.08. The van der Waals surface area contributed by atoms with Gasteiger partial charge in [0.05, 0.1) is 7.11 Å². The maximum atomic E-state index is 6.17. The van der Waals surface area contributed by atoms with Crippen molar-refractivity contribution >= 4 is 11.6 Å². The van der Waals surface area contributed by atoms with E-state index < -0.39 is 0 Å². The third-order valence-electron chi connectivity index (χ3n) is 2.99. The Morgan fingerprint density at radius 3 is 3.12 bits per heavy atom. The van der Waals surface area contributed by atoms with E-state index in [1.165, 1.54) is 12.0 Å². The number of hydrogen-bond donors (Lipinski definition) is 0. The van der Waals surface area contributed by atoms with Crippen molar-refractivity contribution in [1.29, 1.82) is 0 Å². The zero-order chi connectivity index (χ0) is 11.4. The van der Waals surface area contributed by atoms with Crippen molar-refractivity contribution < 1.29 is 4.74 Å². The number of alkyl halides is 1. The number of benzene rings is 1. The van der Waals surface area contributed by atoms with Gasteiger partial charge in [-0.25, -0.2) is 0 Å². The van der Waals surface area contributed by atoms with Crippen molar-refractivity contribution in [1.82, 2.24) is 4.90 Å². The van der Waals surface area contributed by atoms with Gasteiger partial charge in [-0.2, -0.15) is 0 Å². The molecule has 1 atom stereocenters. The lowest BCUT2D eigenvalue weighted by atomic mass is 10.1. The van der Waals surface area contributed by atoms with E-state index in [0.717, 1.165) is 31.8 Å². The van der Waals surface area contributed by atoms with E-state index in [9.17, 15) is 0 Å². The fourth-order valence-corrected chi connectivity index (χ4v) is 2.52. The largest absolute Gasteiger partial charge is 0.497 e. The smallest absolute Gasteiger partial charge is 0.119 e. The van der Waals surface area contributed by atoms with Crippen LogP contribution in [0.2, 0.25) is 0 Å². The number of piperidine rings is 1. The summed E-state index contributed by atoms with van der Waals surface area (Å²) in [6.07, 6.45) is 2.36. The van der Waals surface area contributed by atoms with Crippen LogP contribution in [0.15, 0.2) is 24.3 Å². The van der Waals surface area contributed by atoms with Gasteiger partial charge in [-0.1, -0.05) is 12.1 Å². The molecular weight excluding hydrogens is 222 g/mol. The van der Waals surface area contributed by atoms with Gasteiger partial charge in [-0.3, -0.25) is 4.90 Å². The van der Waals surface area contributed by atoms with E-state index in [4.69, 9.17) is 16.3 Å². The number of hydrogen-bond acceptors (Lipinski definition) is 2. The maximum Gasteiger partial charge on any atom is 0.119 e. The van der Waals surface area contributed by atoms with Gasteiger partial charge in [0.1, 0.15) is 5.75 Å². The van der Waals surface area contributed by atoms with Crippen LogP contribution in [0.4, 0.5) is 0 Å². The van der Waals surface area contributed by atoms with Crippen LogP contribution in [0.5, 0.6) is 5.75 Å². The lowest BCUT2D eigenvalue weighted by molar-refractivity contribution is 0.224. The molecule has 1 unspecified atom stereocenters. The second kappa shape index (κ2) is 5.55. The van der Waals surface area contributed by atoms with Crippen LogP contribution >= 0.6 is 11.6 Å². The average Bonchev–Trinajstić information content (AvgIpc) is 2.29. The fraction of sp³-hybridized carbons (Fsp3) is 0.538. The summed E-state index contributed by atoms with van der Waals surface area (Å²) in [4.78, 5) is 2.41. The maximum absolute atomic E-state index is 6.17. The van der Waals surface area contributed by atoms with Crippen LogP contribution in [-0.4, -0.2) is 30.5 Å². The summed E-state index contributed by atoms with van der Waals surface area (Å²) >= 11 is 6.17. The van der Waals surface area contributed by atoms with E-state index in [1.807, 2.05) is 12.1 Å². The van der Waals surface area contributed by atoms with Crippen LogP contribution in [0.1, 0.15) is 18.4 Å². The van der Waals surface area contributed by atoms with E-state index in [0.29, 0.717) is 5.38 Å². The molecule has 0 N–H and O–H groups in total. The first-order valence-electron chi connectivity index (χ1n) is 5.77. The Labute approximate surface area is 102 Å². The van der Waals surface area contributed by atoms with Gasteiger partial charge in [-0.15, -0.1) is 11.6 Å². The number of halogens is 1. The zero-order valence-electron chi connectivity index (χ0n) is 9.66. The Balaban J connectivity index is 1.97. The summed E-state index contributed by atoms with van der Waals surface area (Å²) < 4.78 is 5.22. The monoisotopic (exact) mass is 239 g/mol.